The molecule has 0 aliphatic carbocycles. The number of benzene rings is 2. The van der Waals surface area contributed by atoms with Gasteiger partial charge in [-0.05, 0) is 30.5 Å². The quantitative estimate of drug-likeness (QED) is 0.639. The van der Waals surface area contributed by atoms with Crippen LogP contribution in [-0.2, 0) is 6.42 Å². The SMILES string of the molecule is CCC(Cc1ccccc1)n1c(C(=O)N=O)cc2ccccc21. The Hall–Kier alpha value is -2.75. The molecule has 0 saturated heterocycles. The van der Waals surface area contributed by atoms with Crippen LogP contribution < -0.4 is 0 Å². The molecule has 4 heteroatoms. The number of nitrogens with zero attached hydrogens (tertiary/aromatic N) is 2. The molecule has 0 fully saturated rings. The van der Waals surface area contributed by atoms with E-state index in [0.717, 1.165) is 23.7 Å². The fraction of sp³-hybridized carbons (Fsp3) is 0.211. The summed E-state index contributed by atoms with van der Waals surface area (Å²) in [5, 5.41) is 3.58. The molecular formula is C19H18N2O2. The van der Waals surface area contributed by atoms with Crippen LogP contribution in [0.15, 0.2) is 65.8 Å². The highest BCUT2D eigenvalue weighted by Crippen LogP contribution is 2.28. The molecule has 1 amide bonds. The summed E-state index contributed by atoms with van der Waals surface area (Å²) in [7, 11) is 0. The van der Waals surface area contributed by atoms with E-state index >= 15 is 0 Å². The first-order chi connectivity index (χ1) is 11.2. The molecule has 23 heavy (non-hydrogen) atoms. The van der Waals surface area contributed by atoms with E-state index in [1.165, 1.54) is 5.56 Å². The van der Waals surface area contributed by atoms with Crippen molar-refractivity contribution < 1.29 is 4.79 Å². The third kappa shape index (κ3) is 2.93. The number of nitroso groups, excluding NO2 is 1. The molecule has 3 aromatic rings. The van der Waals surface area contributed by atoms with Crippen LogP contribution in [0, 0.1) is 4.91 Å². The van der Waals surface area contributed by atoms with Gasteiger partial charge in [-0.25, -0.2) is 0 Å². The Morgan fingerprint density at radius 1 is 1.09 bits per heavy atom. The van der Waals surface area contributed by atoms with Crippen LogP contribution in [0.3, 0.4) is 0 Å². The number of carbonyl (C=O) groups is 1. The first kappa shape index (κ1) is 15.2. The molecule has 1 atom stereocenters. The van der Waals surface area contributed by atoms with Crippen LogP contribution in [0.4, 0.5) is 0 Å². The van der Waals surface area contributed by atoms with Crippen LogP contribution in [0.5, 0.6) is 0 Å². The van der Waals surface area contributed by atoms with Gasteiger partial charge < -0.3 is 4.57 Å². The molecule has 1 aromatic heterocycles. The van der Waals surface area contributed by atoms with Gasteiger partial charge in [-0.2, -0.15) is 0 Å². The highest BCUT2D eigenvalue weighted by molar-refractivity contribution is 5.99. The molecule has 116 valence electrons. The molecular weight excluding hydrogens is 288 g/mol. The second kappa shape index (κ2) is 6.57. The number of aromatic nitrogens is 1. The minimum atomic E-state index is -0.715. The predicted octanol–water partition coefficient (Wildman–Crippen LogP) is 4.74. The van der Waals surface area contributed by atoms with Gasteiger partial charge in [0.15, 0.2) is 0 Å². The van der Waals surface area contributed by atoms with Crippen molar-refractivity contribution in [3.05, 3.63) is 76.8 Å². The van der Waals surface area contributed by atoms with Crippen molar-refractivity contribution in [2.75, 3.05) is 0 Å². The zero-order valence-electron chi connectivity index (χ0n) is 13.0. The van der Waals surface area contributed by atoms with E-state index in [0.29, 0.717) is 5.69 Å². The number of hydrogen-bond acceptors (Lipinski definition) is 2. The van der Waals surface area contributed by atoms with E-state index in [1.807, 2.05) is 47.0 Å². The lowest BCUT2D eigenvalue weighted by Gasteiger charge is -2.20. The zero-order chi connectivity index (χ0) is 16.2. The Kier molecular flexibility index (Phi) is 4.33. The highest BCUT2D eigenvalue weighted by Gasteiger charge is 2.21. The summed E-state index contributed by atoms with van der Waals surface area (Å²) in [4.78, 5) is 22.8. The standard InChI is InChI=1S/C19H18N2O2/c1-2-16(12-14-8-4-3-5-9-14)21-17-11-7-6-10-15(17)13-18(21)19(22)20-23/h3-11,13,16H,2,12H2,1H3. The number of carbonyl (C=O) groups excluding carboxylic acids is 1. The van der Waals surface area contributed by atoms with Crippen LogP contribution in [0.1, 0.15) is 35.4 Å². The van der Waals surface area contributed by atoms with Gasteiger partial charge in [-0.3, -0.25) is 4.79 Å². The van der Waals surface area contributed by atoms with E-state index in [1.54, 1.807) is 6.07 Å². The van der Waals surface area contributed by atoms with E-state index in [4.69, 9.17) is 0 Å². The fourth-order valence-electron chi connectivity index (χ4n) is 3.08. The summed E-state index contributed by atoms with van der Waals surface area (Å²) in [5.74, 6) is -0.715. The first-order valence-corrected chi connectivity index (χ1v) is 7.76. The predicted molar refractivity (Wildman–Crippen MR) is 91.5 cm³/mol. The first-order valence-electron chi connectivity index (χ1n) is 7.76. The minimum absolute atomic E-state index is 0.0954. The van der Waals surface area contributed by atoms with Gasteiger partial charge in [0.05, 0.1) is 0 Å². The third-order valence-corrected chi connectivity index (χ3v) is 4.20. The summed E-state index contributed by atoms with van der Waals surface area (Å²) in [6.45, 7) is 2.09. The molecule has 3 rings (SSSR count). The lowest BCUT2D eigenvalue weighted by molar-refractivity contribution is 0.0990. The summed E-state index contributed by atoms with van der Waals surface area (Å²) >= 11 is 0. The number of fused-ring (bicyclic) bond motifs is 1. The Balaban J connectivity index is 2.11. The van der Waals surface area contributed by atoms with E-state index in [2.05, 4.69) is 24.2 Å². The molecule has 0 aliphatic rings. The molecule has 0 aliphatic heterocycles. The van der Waals surface area contributed by atoms with Crippen molar-refractivity contribution in [3.63, 3.8) is 0 Å². The zero-order valence-corrected chi connectivity index (χ0v) is 13.0. The van der Waals surface area contributed by atoms with Gasteiger partial charge in [0, 0.05) is 22.1 Å². The molecule has 0 radical (unpaired) electrons. The van der Waals surface area contributed by atoms with E-state index in [-0.39, 0.29) is 6.04 Å². The van der Waals surface area contributed by atoms with Gasteiger partial charge >= 0.3 is 5.91 Å². The van der Waals surface area contributed by atoms with Crippen LogP contribution in [-0.4, -0.2) is 10.5 Å². The van der Waals surface area contributed by atoms with Crippen molar-refractivity contribution in [3.8, 4) is 0 Å². The largest absolute Gasteiger partial charge is 0.333 e. The lowest BCUT2D eigenvalue weighted by Crippen LogP contribution is -2.16. The summed E-state index contributed by atoms with van der Waals surface area (Å²) in [6, 6.07) is 19.8. The summed E-state index contributed by atoms with van der Waals surface area (Å²) in [6.07, 6.45) is 1.65. The second-order valence-electron chi connectivity index (χ2n) is 5.61. The number of rotatable bonds is 5. The Morgan fingerprint density at radius 2 is 1.78 bits per heavy atom. The van der Waals surface area contributed by atoms with Crippen molar-refractivity contribution in [2.45, 2.75) is 25.8 Å². The van der Waals surface area contributed by atoms with Gasteiger partial charge in [0.25, 0.3) is 0 Å². The second-order valence-corrected chi connectivity index (χ2v) is 5.61. The number of amides is 1. The van der Waals surface area contributed by atoms with Crippen LogP contribution in [0.25, 0.3) is 10.9 Å². The molecule has 4 nitrogen and oxygen atoms in total. The lowest BCUT2D eigenvalue weighted by atomic mass is 10.0. The number of para-hydroxylation sites is 1. The molecule has 2 aromatic carbocycles. The normalized spacial score (nSPS) is 12.2. The van der Waals surface area contributed by atoms with Gasteiger partial charge in [0.2, 0.25) is 0 Å². The molecule has 0 spiro atoms. The maximum absolute atomic E-state index is 12.0. The summed E-state index contributed by atoms with van der Waals surface area (Å²) < 4.78 is 1.96. The van der Waals surface area contributed by atoms with Crippen molar-refractivity contribution in [1.82, 2.24) is 4.57 Å². The summed E-state index contributed by atoms with van der Waals surface area (Å²) in [5.41, 5.74) is 2.53. The Labute approximate surface area is 134 Å². The van der Waals surface area contributed by atoms with Crippen LogP contribution in [0.2, 0.25) is 0 Å². The molecule has 1 unspecified atom stereocenters. The van der Waals surface area contributed by atoms with Crippen molar-refractivity contribution in [1.29, 1.82) is 0 Å². The van der Waals surface area contributed by atoms with Crippen molar-refractivity contribution in [2.24, 2.45) is 5.18 Å². The van der Waals surface area contributed by atoms with Crippen LogP contribution >= 0.6 is 0 Å². The topological polar surface area (TPSA) is 51.4 Å². The average Bonchev–Trinajstić information content (AvgIpc) is 2.99. The maximum Gasteiger partial charge on any atom is 0.333 e. The molecule has 0 saturated carbocycles. The molecule has 1 heterocycles. The smallest absolute Gasteiger partial charge is 0.333 e. The third-order valence-electron chi connectivity index (χ3n) is 4.20. The Bertz CT molecular complexity index is 837. The van der Waals surface area contributed by atoms with Crippen molar-refractivity contribution >= 4 is 16.8 Å². The maximum atomic E-state index is 12.0. The minimum Gasteiger partial charge on any atom is -0.333 e. The van der Waals surface area contributed by atoms with Gasteiger partial charge in [-0.15, -0.1) is 4.91 Å². The average molecular weight is 306 g/mol. The van der Waals surface area contributed by atoms with Gasteiger partial charge in [-0.1, -0.05) is 55.5 Å². The van der Waals surface area contributed by atoms with Gasteiger partial charge in [0.1, 0.15) is 5.69 Å². The monoisotopic (exact) mass is 306 g/mol. The molecule has 0 bridgehead atoms. The number of hydrogen-bond donors (Lipinski definition) is 0. The van der Waals surface area contributed by atoms with E-state index in [9.17, 15) is 9.70 Å². The molecule has 0 N–H and O–H groups in total. The Morgan fingerprint density at radius 3 is 2.48 bits per heavy atom. The highest BCUT2D eigenvalue weighted by atomic mass is 16.3. The van der Waals surface area contributed by atoms with E-state index < -0.39 is 5.91 Å². The fourth-order valence-corrected chi connectivity index (χ4v) is 3.08.